The van der Waals surface area contributed by atoms with Gasteiger partial charge in [-0.1, -0.05) is 6.07 Å². The molecule has 0 amide bonds. The topological polar surface area (TPSA) is 67.3 Å². The number of hydrogen-bond donors (Lipinski definition) is 1. The number of nitrogens with zero attached hydrogens (tertiary/aromatic N) is 4. The molecule has 0 aliphatic rings. The van der Waals surface area contributed by atoms with Crippen LogP contribution in [0.25, 0.3) is 11.0 Å². The monoisotopic (exact) mass is 383 g/mol. The average molecular weight is 383 g/mol. The van der Waals surface area contributed by atoms with Crippen LogP contribution in [-0.4, -0.2) is 24.9 Å². The van der Waals surface area contributed by atoms with E-state index in [0.29, 0.717) is 30.7 Å². The summed E-state index contributed by atoms with van der Waals surface area (Å²) in [5.41, 5.74) is 2.77. The second-order valence-electron chi connectivity index (χ2n) is 6.45. The average Bonchev–Trinajstić information content (AvgIpc) is 3.10. The summed E-state index contributed by atoms with van der Waals surface area (Å²) in [6.07, 6.45) is 5.82. The van der Waals surface area contributed by atoms with Crippen molar-refractivity contribution in [3.63, 3.8) is 0 Å². The Morgan fingerprint density at radius 3 is 2.36 bits per heavy atom. The summed E-state index contributed by atoms with van der Waals surface area (Å²) in [5, 5.41) is 1.07. The number of rotatable bonds is 5. The second-order valence-corrected chi connectivity index (χ2v) is 6.45. The Hall–Kier alpha value is -3.29. The standard InChI is InChI=1S/C20H16F3N5/c21-20(22,23)17-5-3-13(9-25-17)4-6-18-26-10-14(11-27-18)8-15-12-28-19-16(15)2-1-7-24-19/h1-3,5,7,9-12H,4,6,8H2,(H,24,28). The maximum absolute atomic E-state index is 12.5. The lowest BCUT2D eigenvalue weighted by Gasteiger charge is -2.06. The molecule has 0 saturated carbocycles. The van der Waals surface area contributed by atoms with Gasteiger partial charge >= 0.3 is 6.18 Å². The summed E-state index contributed by atoms with van der Waals surface area (Å²) < 4.78 is 37.6. The van der Waals surface area contributed by atoms with E-state index in [9.17, 15) is 13.2 Å². The quantitative estimate of drug-likeness (QED) is 0.562. The highest BCUT2D eigenvalue weighted by atomic mass is 19.4. The van der Waals surface area contributed by atoms with Crippen LogP contribution >= 0.6 is 0 Å². The highest BCUT2D eigenvalue weighted by Gasteiger charge is 2.31. The number of alkyl halides is 3. The van der Waals surface area contributed by atoms with E-state index in [1.807, 2.05) is 18.3 Å². The van der Waals surface area contributed by atoms with Crippen molar-refractivity contribution in [1.82, 2.24) is 24.9 Å². The van der Waals surface area contributed by atoms with E-state index >= 15 is 0 Å². The van der Waals surface area contributed by atoms with Crippen molar-refractivity contribution >= 4 is 11.0 Å². The minimum atomic E-state index is -4.42. The maximum Gasteiger partial charge on any atom is 0.433 e. The van der Waals surface area contributed by atoms with Crippen LogP contribution in [0.5, 0.6) is 0 Å². The molecule has 1 N–H and O–H groups in total. The van der Waals surface area contributed by atoms with Gasteiger partial charge in [0, 0.05) is 49.2 Å². The fourth-order valence-electron chi connectivity index (χ4n) is 2.98. The van der Waals surface area contributed by atoms with Gasteiger partial charge in [0.05, 0.1) is 0 Å². The molecule has 5 nitrogen and oxygen atoms in total. The summed E-state index contributed by atoms with van der Waals surface area (Å²) in [7, 11) is 0. The van der Waals surface area contributed by atoms with Crippen molar-refractivity contribution in [3.05, 3.63) is 83.5 Å². The largest absolute Gasteiger partial charge is 0.433 e. The predicted octanol–water partition coefficient (Wildman–Crippen LogP) is 4.14. The zero-order chi connectivity index (χ0) is 19.6. The Labute approximate surface area is 158 Å². The summed E-state index contributed by atoms with van der Waals surface area (Å²) in [6, 6.07) is 6.35. The molecule has 4 aromatic rings. The molecular formula is C20H16F3N5. The summed E-state index contributed by atoms with van der Waals surface area (Å²) in [5.74, 6) is 0.643. The zero-order valence-corrected chi connectivity index (χ0v) is 14.7. The van der Waals surface area contributed by atoms with Gasteiger partial charge in [0.25, 0.3) is 0 Å². The molecule has 0 spiro atoms. The van der Waals surface area contributed by atoms with Crippen LogP contribution in [-0.2, 0) is 25.4 Å². The minimum absolute atomic E-state index is 0.526. The molecule has 4 rings (SSSR count). The third kappa shape index (κ3) is 4.00. The number of pyridine rings is 2. The molecule has 0 saturated heterocycles. The lowest BCUT2D eigenvalue weighted by molar-refractivity contribution is -0.141. The molecule has 142 valence electrons. The fourth-order valence-corrected chi connectivity index (χ4v) is 2.98. The molecule has 4 aromatic heterocycles. The fraction of sp³-hybridized carbons (Fsp3) is 0.200. The first-order chi connectivity index (χ1) is 13.5. The molecule has 28 heavy (non-hydrogen) atoms. The first-order valence-electron chi connectivity index (χ1n) is 8.72. The van der Waals surface area contributed by atoms with E-state index in [2.05, 4.69) is 24.9 Å². The Morgan fingerprint density at radius 1 is 0.857 bits per heavy atom. The van der Waals surface area contributed by atoms with Crippen LogP contribution in [0.15, 0.2) is 55.2 Å². The Balaban J connectivity index is 1.38. The van der Waals surface area contributed by atoms with Crippen molar-refractivity contribution in [1.29, 1.82) is 0 Å². The van der Waals surface area contributed by atoms with Crippen LogP contribution < -0.4 is 0 Å². The number of H-pyrrole nitrogens is 1. The number of aromatic nitrogens is 5. The smallest absolute Gasteiger partial charge is 0.346 e. The lowest BCUT2D eigenvalue weighted by atomic mass is 10.1. The molecule has 0 atom stereocenters. The Bertz CT molecular complexity index is 1070. The number of hydrogen-bond acceptors (Lipinski definition) is 4. The van der Waals surface area contributed by atoms with Crippen LogP contribution in [0.1, 0.15) is 28.2 Å². The number of aryl methyl sites for hydroxylation is 2. The molecule has 0 radical (unpaired) electrons. The molecule has 0 aliphatic heterocycles. The SMILES string of the molecule is FC(F)(F)c1ccc(CCc2ncc(Cc3c[nH]c4ncccc34)cn2)cn1. The van der Waals surface area contributed by atoms with Gasteiger partial charge in [-0.05, 0) is 41.3 Å². The van der Waals surface area contributed by atoms with E-state index < -0.39 is 11.9 Å². The van der Waals surface area contributed by atoms with Gasteiger partial charge in [-0.2, -0.15) is 13.2 Å². The summed E-state index contributed by atoms with van der Waals surface area (Å²) in [6.45, 7) is 0. The zero-order valence-electron chi connectivity index (χ0n) is 14.7. The van der Waals surface area contributed by atoms with Crippen molar-refractivity contribution in [2.45, 2.75) is 25.4 Å². The van der Waals surface area contributed by atoms with Gasteiger partial charge in [-0.25, -0.2) is 15.0 Å². The lowest BCUT2D eigenvalue weighted by Crippen LogP contribution is -2.08. The molecule has 0 aliphatic carbocycles. The number of fused-ring (bicyclic) bond motifs is 1. The van der Waals surface area contributed by atoms with E-state index in [0.717, 1.165) is 28.2 Å². The Morgan fingerprint density at radius 2 is 1.64 bits per heavy atom. The van der Waals surface area contributed by atoms with Gasteiger partial charge < -0.3 is 4.98 Å². The molecule has 0 fully saturated rings. The first kappa shape index (κ1) is 18.1. The van der Waals surface area contributed by atoms with Crippen molar-refractivity contribution in [2.75, 3.05) is 0 Å². The molecule has 0 unspecified atom stereocenters. The highest BCUT2D eigenvalue weighted by Crippen LogP contribution is 2.27. The predicted molar refractivity (Wildman–Crippen MR) is 97.6 cm³/mol. The normalized spacial score (nSPS) is 11.8. The first-order valence-corrected chi connectivity index (χ1v) is 8.72. The van der Waals surface area contributed by atoms with Gasteiger partial charge in [0.15, 0.2) is 0 Å². The number of nitrogens with one attached hydrogen (secondary N) is 1. The molecular weight excluding hydrogens is 367 g/mol. The van der Waals surface area contributed by atoms with E-state index in [1.165, 1.54) is 12.3 Å². The second kappa shape index (κ2) is 7.38. The molecule has 8 heteroatoms. The third-order valence-corrected chi connectivity index (χ3v) is 4.44. The summed E-state index contributed by atoms with van der Waals surface area (Å²) >= 11 is 0. The van der Waals surface area contributed by atoms with Gasteiger partial charge in [-0.3, -0.25) is 4.98 Å². The van der Waals surface area contributed by atoms with Crippen LogP contribution in [0.3, 0.4) is 0 Å². The van der Waals surface area contributed by atoms with Crippen molar-refractivity contribution < 1.29 is 13.2 Å². The molecule has 0 aromatic carbocycles. The van der Waals surface area contributed by atoms with Crippen molar-refractivity contribution in [3.8, 4) is 0 Å². The van der Waals surface area contributed by atoms with Crippen LogP contribution in [0.2, 0.25) is 0 Å². The minimum Gasteiger partial charge on any atom is -0.346 e. The molecule has 4 heterocycles. The van der Waals surface area contributed by atoms with Gasteiger partial charge in [0.1, 0.15) is 17.2 Å². The number of halogens is 3. The maximum atomic E-state index is 12.5. The van der Waals surface area contributed by atoms with Gasteiger partial charge in [-0.15, -0.1) is 0 Å². The summed E-state index contributed by atoms with van der Waals surface area (Å²) in [4.78, 5) is 19.6. The van der Waals surface area contributed by atoms with Crippen LogP contribution in [0, 0.1) is 0 Å². The highest BCUT2D eigenvalue weighted by molar-refractivity contribution is 5.79. The van der Waals surface area contributed by atoms with Crippen LogP contribution in [0.4, 0.5) is 13.2 Å². The van der Waals surface area contributed by atoms with E-state index in [1.54, 1.807) is 18.6 Å². The number of aromatic amines is 1. The van der Waals surface area contributed by atoms with E-state index in [-0.39, 0.29) is 0 Å². The Kier molecular flexibility index (Phi) is 4.77. The van der Waals surface area contributed by atoms with Gasteiger partial charge in [0.2, 0.25) is 0 Å². The van der Waals surface area contributed by atoms with E-state index in [4.69, 9.17) is 0 Å². The molecule has 0 bridgehead atoms. The third-order valence-electron chi connectivity index (χ3n) is 4.44. The van der Waals surface area contributed by atoms with Crippen molar-refractivity contribution in [2.24, 2.45) is 0 Å².